The standard InChI is InChI=1S/C20H19F3N6O3.C19H18F3N7O2/c1-2-32-19(31)14-9-13(27-28-14)16-10-25-18-17(24-6-3-7-30)26-12-8-11(20(21,22)23)4-5-15(12)29(16)18;1-23-18(31)13-8-12(27-28-13)15-9-25-17-16(24-5-2-6-30)26-11-7-10(19(20,21)22)3-4-14(11)29(15)17/h4-5,8-10,30H,2-3,6-7H2,1H3,(H,24,26)(H,27,28);3-4,7-9,30H,2,5-6H2,1H3,(H,23,31)(H,24,26)(H,27,28). The van der Waals surface area contributed by atoms with E-state index in [0.717, 1.165) is 24.3 Å². The number of anilines is 2. The summed E-state index contributed by atoms with van der Waals surface area (Å²) in [6.07, 6.45) is -5.19. The highest BCUT2D eigenvalue weighted by Crippen LogP contribution is 2.35. The van der Waals surface area contributed by atoms with Crippen LogP contribution >= 0.6 is 0 Å². The first-order chi connectivity index (χ1) is 30.2. The van der Waals surface area contributed by atoms with Crippen LogP contribution in [0.25, 0.3) is 56.1 Å². The molecule has 7 N–H and O–H groups in total. The summed E-state index contributed by atoms with van der Waals surface area (Å²) < 4.78 is 87.7. The van der Waals surface area contributed by atoms with Gasteiger partial charge in [0.1, 0.15) is 22.8 Å². The number of H-pyrrole nitrogens is 2. The molecule has 0 aliphatic heterocycles. The Morgan fingerprint density at radius 2 is 1.17 bits per heavy atom. The highest BCUT2D eigenvalue weighted by atomic mass is 19.4. The van der Waals surface area contributed by atoms with Gasteiger partial charge in [-0.1, -0.05) is 0 Å². The predicted octanol–water partition coefficient (Wildman–Crippen LogP) is 5.71. The fourth-order valence-electron chi connectivity index (χ4n) is 6.46. The number of carbonyl (C=O) groups excluding carboxylic acids is 2. The van der Waals surface area contributed by atoms with E-state index in [9.17, 15) is 35.9 Å². The minimum absolute atomic E-state index is 0.0513. The maximum atomic E-state index is 13.3. The van der Waals surface area contributed by atoms with Crippen molar-refractivity contribution in [2.75, 3.05) is 50.6 Å². The van der Waals surface area contributed by atoms with Crippen LogP contribution in [0.2, 0.25) is 0 Å². The Hall–Kier alpha value is -7.34. The molecule has 1 amide bonds. The number of halogens is 6. The summed E-state index contributed by atoms with van der Waals surface area (Å²) in [5, 5.41) is 40.1. The average molecular weight is 882 g/mol. The topological polar surface area (TPSA) is 238 Å². The zero-order valence-electron chi connectivity index (χ0n) is 33.2. The van der Waals surface area contributed by atoms with Gasteiger partial charge in [0, 0.05) is 39.4 Å². The molecule has 0 radical (unpaired) electrons. The minimum atomic E-state index is -4.52. The van der Waals surface area contributed by atoms with Crippen LogP contribution in [0.5, 0.6) is 0 Å². The summed E-state index contributed by atoms with van der Waals surface area (Å²) in [6, 6.07) is 9.54. The number of aliphatic hydroxyl groups excluding tert-OH is 2. The van der Waals surface area contributed by atoms with E-state index in [1.165, 1.54) is 43.7 Å². The number of imidazole rings is 2. The number of nitrogens with one attached hydrogen (secondary N) is 5. The number of hydrogen-bond donors (Lipinski definition) is 7. The molecule has 0 saturated carbocycles. The molecule has 0 bridgehead atoms. The van der Waals surface area contributed by atoms with Gasteiger partial charge in [-0.05, 0) is 62.2 Å². The predicted molar refractivity (Wildman–Crippen MR) is 216 cm³/mol. The van der Waals surface area contributed by atoms with Crippen LogP contribution in [0.1, 0.15) is 51.9 Å². The number of aromatic nitrogens is 10. The van der Waals surface area contributed by atoms with Crippen molar-refractivity contribution < 1.29 is 50.9 Å². The van der Waals surface area contributed by atoms with Gasteiger partial charge in [0.25, 0.3) is 5.91 Å². The van der Waals surface area contributed by atoms with Crippen LogP contribution in [-0.4, -0.2) is 111 Å². The second-order valence-electron chi connectivity index (χ2n) is 13.6. The smallest absolute Gasteiger partial charge is 0.416 e. The third kappa shape index (κ3) is 9.02. The molecule has 0 aliphatic carbocycles. The van der Waals surface area contributed by atoms with Crippen LogP contribution < -0.4 is 16.0 Å². The molecule has 18 nitrogen and oxygen atoms in total. The number of fused-ring (bicyclic) bond motifs is 6. The summed E-state index contributed by atoms with van der Waals surface area (Å²) in [5.74, 6) is -0.403. The van der Waals surface area contributed by atoms with Crippen molar-refractivity contribution in [3.63, 3.8) is 0 Å². The Balaban J connectivity index is 0.000000189. The maximum absolute atomic E-state index is 13.3. The van der Waals surface area contributed by atoms with Crippen LogP contribution in [0.15, 0.2) is 60.9 Å². The Bertz CT molecular complexity index is 2940. The van der Waals surface area contributed by atoms with E-state index < -0.39 is 29.4 Å². The highest BCUT2D eigenvalue weighted by Gasteiger charge is 2.32. The summed E-state index contributed by atoms with van der Waals surface area (Å²) in [5.41, 5.74) is 2.10. The number of amides is 1. The van der Waals surface area contributed by atoms with E-state index >= 15 is 0 Å². The number of benzene rings is 2. The van der Waals surface area contributed by atoms with Crippen LogP contribution in [0.3, 0.4) is 0 Å². The van der Waals surface area contributed by atoms with Crippen molar-refractivity contribution in [3.8, 4) is 22.8 Å². The number of aliphatic hydroxyl groups is 2. The SMILES string of the molecule is CCOC(=O)c1cc(-c2cnc3c(NCCCO)nc4cc(C(F)(F)F)ccc4n23)n[nH]1.CNC(=O)c1cc(-c2cnc3c(NCCCO)nc4cc(C(F)(F)F)ccc4n23)n[nH]1. The molecule has 0 spiro atoms. The van der Waals surface area contributed by atoms with E-state index in [1.54, 1.807) is 15.7 Å². The molecule has 0 fully saturated rings. The molecule has 0 saturated heterocycles. The molecule has 0 atom stereocenters. The van der Waals surface area contributed by atoms with Crippen molar-refractivity contribution in [3.05, 3.63) is 83.4 Å². The van der Waals surface area contributed by atoms with E-state index in [4.69, 9.17) is 14.9 Å². The largest absolute Gasteiger partial charge is 0.461 e. The van der Waals surface area contributed by atoms with Crippen molar-refractivity contribution in [2.45, 2.75) is 32.1 Å². The number of esters is 1. The molecule has 8 aromatic rings. The van der Waals surface area contributed by atoms with Gasteiger partial charge in [0.05, 0.1) is 63.6 Å². The van der Waals surface area contributed by atoms with E-state index in [1.807, 2.05) is 0 Å². The lowest BCUT2D eigenvalue weighted by molar-refractivity contribution is -0.138. The Morgan fingerprint density at radius 3 is 1.60 bits per heavy atom. The number of aromatic amines is 2. The minimum Gasteiger partial charge on any atom is -0.461 e. The Morgan fingerprint density at radius 1 is 0.714 bits per heavy atom. The quantitative estimate of drug-likeness (QED) is 0.0418. The van der Waals surface area contributed by atoms with E-state index in [2.05, 4.69) is 56.3 Å². The zero-order valence-corrected chi connectivity index (χ0v) is 33.2. The Kier molecular flexibility index (Phi) is 12.5. The molecule has 330 valence electrons. The summed E-state index contributed by atoms with van der Waals surface area (Å²) in [7, 11) is 1.48. The van der Waals surface area contributed by atoms with Crippen molar-refractivity contribution in [2.24, 2.45) is 0 Å². The van der Waals surface area contributed by atoms with Crippen LogP contribution in [0.4, 0.5) is 38.0 Å². The van der Waals surface area contributed by atoms with E-state index in [0.29, 0.717) is 71.0 Å². The number of rotatable bonds is 13. The molecule has 2 aromatic carbocycles. The van der Waals surface area contributed by atoms with Gasteiger partial charge in [-0.25, -0.2) is 24.7 Å². The van der Waals surface area contributed by atoms with Crippen molar-refractivity contribution in [1.82, 2.24) is 54.4 Å². The normalized spacial score (nSPS) is 11.9. The zero-order chi connectivity index (χ0) is 45.1. The first-order valence-corrected chi connectivity index (χ1v) is 19.1. The third-order valence-electron chi connectivity index (χ3n) is 9.40. The molecule has 24 heteroatoms. The molecular formula is C39H37F6N13O5. The number of carbonyl (C=O) groups is 2. The molecule has 6 aromatic heterocycles. The second kappa shape index (κ2) is 17.9. The second-order valence-corrected chi connectivity index (χ2v) is 13.6. The average Bonchev–Trinajstić information content (AvgIpc) is 4.09. The monoisotopic (exact) mass is 881 g/mol. The maximum Gasteiger partial charge on any atom is 0.416 e. The number of hydrogen-bond acceptors (Lipinski definition) is 13. The van der Waals surface area contributed by atoms with Gasteiger partial charge < -0.3 is 30.9 Å². The Labute approximate surface area is 350 Å². The summed E-state index contributed by atoms with van der Waals surface area (Å²) in [6.45, 7) is 2.47. The highest BCUT2D eigenvalue weighted by molar-refractivity contribution is 5.94. The van der Waals surface area contributed by atoms with Gasteiger partial charge in [0.2, 0.25) is 0 Å². The van der Waals surface area contributed by atoms with E-state index in [-0.39, 0.29) is 59.8 Å². The molecule has 63 heavy (non-hydrogen) atoms. The lowest BCUT2D eigenvalue weighted by Gasteiger charge is -2.12. The fourth-order valence-corrected chi connectivity index (χ4v) is 6.46. The van der Waals surface area contributed by atoms with Crippen molar-refractivity contribution >= 4 is 56.9 Å². The van der Waals surface area contributed by atoms with Gasteiger partial charge >= 0.3 is 18.3 Å². The molecule has 6 heterocycles. The third-order valence-corrected chi connectivity index (χ3v) is 9.40. The van der Waals surface area contributed by atoms with Crippen LogP contribution in [0, 0.1) is 0 Å². The van der Waals surface area contributed by atoms with Gasteiger partial charge in [-0.15, -0.1) is 0 Å². The van der Waals surface area contributed by atoms with Crippen molar-refractivity contribution in [1.29, 1.82) is 0 Å². The lowest BCUT2D eigenvalue weighted by Crippen LogP contribution is -2.17. The summed E-state index contributed by atoms with van der Waals surface area (Å²) >= 11 is 0. The first-order valence-electron chi connectivity index (χ1n) is 19.1. The molecule has 0 aliphatic rings. The fraction of sp³-hybridized carbons (Fsp3) is 0.282. The summed E-state index contributed by atoms with van der Waals surface area (Å²) in [4.78, 5) is 41.2. The van der Waals surface area contributed by atoms with Crippen LogP contribution in [-0.2, 0) is 17.1 Å². The molecule has 0 unspecified atom stereocenters. The first kappa shape index (κ1) is 43.7. The van der Waals surface area contributed by atoms with Gasteiger partial charge in [-0.2, -0.15) is 36.5 Å². The number of alkyl halides is 6. The molecular weight excluding hydrogens is 845 g/mol. The molecule has 8 rings (SSSR count). The lowest BCUT2D eigenvalue weighted by atomic mass is 10.2. The number of ether oxygens (including phenoxy) is 1. The number of nitrogens with zero attached hydrogens (tertiary/aromatic N) is 8. The van der Waals surface area contributed by atoms with Gasteiger partial charge in [0.15, 0.2) is 22.9 Å². The van der Waals surface area contributed by atoms with Gasteiger partial charge in [-0.3, -0.25) is 23.8 Å².